The molecule has 3 atom stereocenters. The molecule has 0 aromatic rings. The summed E-state index contributed by atoms with van der Waals surface area (Å²) in [6, 6.07) is 2.10. The maximum atomic E-state index is 11.3. The molecule has 1 aliphatic carbocycles. The first-order valence-electron chi connectivity index (χ1n) is 7.23. The predicted molar refractivity (Wildman–Crippen MR) is 69.5 cm³/mol. The van der Waals surface area contributed by atoms with Crippen molar-refractivity contribution in [2.75, 3.05) is 19.6 Å². The molecule has 3 rings (SSSR count). The average Bonchev–Trinajstić information content (AvgIpc) is 2.96. The van der Waals surface area contributed by atoms with Gasteiger partial charge in [0.05, 0.1) is 5.41 Å². The smallest absolute Gasteiger partial charge is 0.310 e. The molecule has 102 valence electrons. The van der Waals surface area contributed by atoms with E-state index in [4.69, 9.17) is 0 Å². The van der Waals surface area contributed by atoms with Crippen LogP contribution in [0, 0.1) is 5.41 Å². The zero-order chi connectivity index (χ0) is 12.9. The number of rotatable bonds is 3. The fraction of sp³-hybridized carbons (Fsp3) is 0.929. The third-order valence-electron chi connectivity index (χ3n) is 5.15. The van der Waals surface area contributed by atoms with E-state index in [9.17, 15) is 9.90 Å². The molecule has 0 radical (unpaired) electrons. The van der Waals surface area contributed by atoms with Gasteiger partial charge in [-0.05, 0) is 46.1 Å². The van der Waals surface area contributed by atoms with Gasteiger partial charge in [-0.1, -0.05) is 0 Å². The van der Waals surface area contributed by atoms with Gasteiger partial charge in [0.25, 0.3) is 0 Å². The Labute approximate surface area is 109 Å². The highest BCUT2D eigenvalue weighted by molar-refractivity contribution is 5.74. The Balaban J connectivity index is 1.62. The lowest BCUT2D eigenvalue weighted by atomic mass is 9.90. The van der Waals surface area contributed by atoms with Crippen molar-refractivity contribution >= 4 is 5.97 Å². The maximum absolute atomic E-state index is 11.3. The maximum Gasteiger partial charge on any atom is 0.310 e. The highest BCUT2D eigenvalue weighted by atomic mass is 16.4. The van der Waals surface area contributed by atoms with E-state index in [1.165, 1.54) is 19.3 Å². The molecule has 18 heavy (non-hydrogen) atoms. The molecule has 3 unspecified atom stereocenters. The number of carboxylic acid groups (broad SMARTS) is 1. The van der Waals surface area contributed by atoms with Crippen molar-refractivity contribution in [3.63, 3.8) is 0 Å². The molecule has 4 heteroatoms. The van der Waals surface area contributed by atoms with Crippen molar-refractivity contribution in [2.45, 2.75) is 57.7 Å². The predicted octanol–water partition coefficient (Wildman–Crippen LogP) is 1.41. The molecule has 0 spiro atoms. The summed E-state index contributed by atoms with van der Waals surface area (Å²) in [5.41, 5.74) is -0.518. The van der Waals surface area contributed by atoms with Crippen molar-refractivity contribution in [2.24, 2.45) is 5.41 Å². The van der Waals surface area contributed by atoms with E-state index >= 15 is 0 Å². The molecule has 4 nitrogen and oxygen atoms in total. The van der Waals surface area contributed by atoms with Crippen LogP contribution in [0.15, 0.2) is 0 Å². The molecule has 3 aliphatic rings. The molecule has 2 heterocycles. The van der Waals surface area contributed by atoms with Gasteiger partial charge in [0.15, 0.2) is 0 Å². The Kier molecular flexibility index (Phi) is 2.90. The van der Waals surface area contributed by atoms with Crippen LogP contribution < -0.4 is 0 Å². The van der Waals surface area contributed by atoms with E-state index in [1.54, 1.807) is 0 Å². The van der Waals surface area contributed by atoms with Crippen LogP contribution in [0.2, 0.25) is 0 Å². The first-order chi connectivity index (χ1) is 8.49. The van der Waals surface area contributed by atoms with E-state index in [0.717, 1.165) is 32.1 Å². The van der Waals surface area contributed by atoms with Gasteiger partial charge in [0.1, 0.15) is 0 Å². The third kappa shape index (κ3) is 2.05. The highest BCUT2D eigenvalue weighted by Crippen LogP contribution is 2.38. The van der Waals surface area contributed by atoms with Crippen LogP contribution in [0.4, 0.5) is 0 Å². The second-order valence-electron chi connectivity index (χ2n) is 6.75. The monoisotopic (exact) mass is 252 g/mol. The summed E-state index contributed by atoms with van der Waals surface area (Å²) in [5.74, 6) is -0.630. The highest BCUT2D eigenvalue weighted by Gasteiger charge is 2.46. The lowest BCUT2D eigenvalue weighted by Gasteiger charge is -2.26. The number of nitrogens with zero attached hydrogens (tertiary/aromatic N) is 2. The van der Waals surface area contributed by atoms with E-state index in [0.29, 0.717) is 12.1 Å². The van der Waals surface area contributed by atoms with Crippen molar-refractivity contribution in [3.05, 3.63) is 0 Å². The molecule has 1 saturated carbocycles. The topological polar surface area (TPSA) is 43.8 Å². The molecule has 2 aliphatic heterocycles. The van der Waals surface area contributed by atoms with Crippen molar-refractivity contribution in [3.8, 4) is 0 Å². The summed E-state index contributed by atoms with van der Waals surface area (Å²) < 4.78 is 0. The van der Waals surface area contributed by atoms with Gasteiger partial charge in [0.2, 0.25) is 0 Å². The summed E-state index contributed by atoms with van der Waals surface area (Å²) in [6.45, 7) is 7.07. The van der Waals surface area contributed by atoms with Crippen molar-refractivity contribution in [1.82, 2.24) is 9.80 Å². The summed E-state index contributed by atoms with van der Waals surface area (Å²) in [5, 5.41) is 9.30. The van der Waals surface area contributed by atoms with Crippen molar-refractivity contribution < 1.29 is 9.90 Å². The molecule has 0 aromatic heterocycles. The number of carbonyl (C=O) groups is 1. The summed E-state index contributed by atoms with van der Waals surface area (Å²) >= 11 is 0. The number of hydrogen-bond acceptors (Lipinski definition) is 3. The Hall–Kier alpha value is -0.610. The third-order valence-corrected chi connectivity index (χ3v) is 5.15. The second-order valence-corrected chi connectivity index (χ2v) is 6.75. The van der Waals surface area contributed by atoms with Gasteiger partial charge in [-0.15, -0.1) is 0 Å². The normalized spacial score (nSPS) is 42.6. The Morgan fingerprint density at radius 3 is 2.61 bits per heavy atom. The van der Waals surface area contributed by atoms with Crippen LogP contribution in [0.5, 0.6) is 0 Å². The second kappa shape index (κ2) is 4.20. The average molecular weight is 252 g/mol. The van der Waals surface area contributed by atoms with Gasteiger partial charge in [-0.25, -0.2) is 0 Å². The minimum Gasteiger partial charge on any atom is -0.481 e. The van der Waals surface area contributed by atoms with Crippen molar-refractivity contribution in [1.29, 1.82) is 0 Å². The van der Waals surface area contributed by atoms with Gasteiger partial charge >= 0.3 is 5.97 Å². The lowest BCUT2D eigenvalue weighted by Crippen LogP contribution is -2.39. The standard InChI is InChI=1S/C14H24N2O2/c1-10-7-12(8-16(10)11-3-4-11)15-6-5-14(2,9-15)13(17)18/h10-12H,3-9H2,1-2H3,(H,17,18). The Morgan fingerprint density at radius 2 is 2.06 bits per heavy atom. The van der Waals surface area contributed by atoms with Gasteiger partial charge in [0, 0.05) is 31.2 Å². The molecule has 2 saturated heterocycles. The van der Waals surface area contributed by atoms with E-state index in [1.807, 2.05) is 6.92 Å². The largest absolute Gasteiger partial charge is 0.481 e. The van der Waals surface area contributed by atoms with Crippen LogP contribution in [-0.4, -0.2) is 58.6 Å². The molecule has 0 amide bonds. The molecule has 0 bridgehead atoms. The number of likely N-dealkylation sites (tertiary alicyclic amines) is 2. The Bertz CT molecular complexity index is 356. The summed E-state index contributed by atoms with van der Waals surface area (Å²) in [7, 11) is 0. The van der Waals surface area contributed by atoms with Crippen LogP contribution in [0.3, 0.4) is 0 Å². The SMILES string of the molecule is CC1CC(N2CCC(C)(C(=O)O)C2)CN1C1CC1. The fourth-order valence-electron chi connectivity index (χ4n) is 3.69. The quantitative estimate of drug-likeness (QED) is 0.825. The minimum absolute atomic E-state index is 0.518. The molecular weight excluding hydrogens is 228 g/mol. The summed E-state index contributed by atoms with van der Waals surface area (Å²) in [4.78, 5) is 16.4. The van der Waals surface area contributed by atoms with Crippen LogP contribution >= 0.6 is 0 Å². The lowest BCUT2D eigenvalue weighted by molar-refractivity contribution is -0.147. The Morgan fingerprint density at radius 1 is 1.33 bits per heavy atom. The zero-order valence-electron chi connectivity index (χ0n) is 11.4. The molecule has 0 aromatic carbocycles. The van der Waals surface area contributed by atoms with E-state index < -0.39 is 11.4 Å². The zero-order valence-corrected chi connectivity index (χ0v) is 11.4. The van der Waals surface area contributed by atoms with Gasteiger partial charge < -0.3 is 5.11 Å². The number of aliphatic carboxylic acids is 1. The minimum atomic E-state index is -0.630. The molecule has 1 N–H and O–H groups in total. The first kappa shape index (κ1) is 12.4. The van der Waals surface area contributed by atoms with Gasteiger partial charge in [-0.2, -0.15) is 0 Å². The van der Waals surface area contributed by atoms with E-state index in [2.05, 4.69) is 16.7 Å². The number of hydrogen-bond donors (Lipinski definition) is 1. The van der Waals surface area contributed by atoms with Crippen LogP contribution in [0.25, 0.3) is 0 Å². The summed E-state index contributed by atoms with van der Waals surface area (Å²) in [6.07, 6.45) is 4.75. The fourth-order valence-corrected chi connectivity index (χ4v) is 3.69. The molecule has 3 fully saturated rings. The van der Waals surface area contributed by atoms with Gasteiger partial charge in [-0.3, -0.25) is 14.6 Å². The van der Waals surface area contributed by atoms with Crippen LogP contribution in [0.1, 0.15) is 39.5 Å². The first-order valence-corrected chi connectivity index (χ1v) is 7.23. The number of carboxylic acids is 1. The molecular formula is C14H24N2O2. The van der Waals surface area contributed by atoms with E-state index in [-0.39, 0.29) is 0 Å². The van der Waals surface area contributed by atoms with Crippen LogP contribution in [-0.2, 0) is 4.79 Å².